The van der Waals surface area contributed by atoms with Crippen LogP contribution >= 0.6 is 11.6 Å². The highest BCUT2D eigenvalue weighted by Gasteiger charge is 2.59. The molecule has 6 heteroatoms. The summed E-state index contributed by atoms with van der Waals surface area (Å²) in [4.78, 5) is 0.126. The Kier molecular flexibility index (Phi) is 3.67. The smallest absolute Gasteiger partial charge is 0.183 e. The first-order chi connectivity index (χ1) is 10.4. The standard InChI is InChI=1S/C16H11ClFNO2S/c17-11-4-6-13(7-5-11)22(20,21)16-14(9-19)15(16)10-2-1-3-12(18)8-10/h1-8,14-16H/t14-,15-,16+/m0/s1. The third kappa shape index (κ3) is 2.49. The summed E-state index contributed by atoms with van der Waals surface area (Å²) in [6.45, 7) is 0. The van der Waals surface area contributed by atoms with Crippen LogP contribution in [-0.2, 0) is 9.84 Å². The lowest BCUT2D eigenvalue weighted by atomic mass is 10.1. The molecule has 3 atom stereocenters. The van der Waals surface area contributed by atoms with E-state index in [2.05, 4.69) is 0 Å². The van der Waals surface area contributed by atoms with E-state index in [0.29, 0.717) is 10.6 Å². The Bertz CT molecular complexity index is 858. The highest BCUT2D eigenvalue weighted by atomic mass is 35.5. The van der Waals surface area contributed by atoms with Crippen molar-refractivity contribution in [1.29, 1.82) is 5.26 Å². The summed E-state index contributed by atoms with van der Waals surface area (Å²) in [6.07, 6.45) is 0. The molecule has 0 radical (unpaired) electrons. The van der Waals surface area contributed by atoms with Gasteiger partial charge in [0.2, 0.25) is 0 Å². The molecule has 0 bridgehead atoms. The van der Waals surface area contributed by atoms with E-state index in [4.69, 9.17) is 11.6 Å². The molecule has 2 aromatic carbocycles. The fourth-order valence-electron chi connectivity index (χ4n) is 2.72. The van der Waals surface area contributed by atoms with Crippen LogP contribution in [0.3, 0.4) is 0 Å². The van der Waals surface area contributed by atoms with Crippen molar-refractivity contribution in [2.24, 2.45) is 5.92 Å². The van der Waals surface area contributed by atoms with E-state index >= 15 is 0 Å². The van der Waals surface area contributed by atoms with Gasteiger partial charge < -0.3 is 0 Å². The Balaban J connectivity index is 1.98. The Labute approximate surface area is 132 Å². The maximum absolute atomic E-state index is 13.3. The average Bonchev–Trinajstić information content (AvgIpc) is 3.23. The van der Waals surface area contributed by atoms with Gasteiger partial charge in [-0.2, -0.15) is 5.26 Å². The minimum absolute atomic E-state index is 0.126. The van der Waals surface area contributed by atoms with Crippen molar-refractivity contribution in [2.45, 2.75) is 16.1 Å². The minimum Gasteiger partial charge on any atom is -0.223 e. The monoisotopic (exact) mass is 335 g/mol. The second-order valence-electron chi connectivity index (χ2n) is 5.20. The Hall–Kier alpha value is -1.90. The third-order valence-corrected chi connectivity index (χ3v) is 6.32. The van der Waals surface area contributed by atoms with Crippen LogP contribution in [0.2, 0.25) is 5.02 Å². The Morgan fingerprint density at radius 2 is 1.82 bits per heavy atom. The number of hydrogen-bond acceptors (Lipinski definition) is 3. The van der Waals surface area contributed by atoms with Gasteiger partial charge in [0.15, 0.2) is 9.84 Å². The van der Waals surface area contributed by atoms with E-state index in [1.165, 1.54) is 42.5 Å². The maximum Gasteiger partial charge on any atom is 0.183 e. The molecule has 1 fully saturated rings. The van der Waals surface area contributed by atoms with E-state index in [-0.39, 0.29) is 4.90 Å². The molecule has 112 valence electrons. The first-order valence-corrected chi connectivity index (χ1v) is 8.52. The summed E-state index contributed by atoms with van der Waals surface area (Å²) in [5.41, 5.74) is 0.536. The molecular formula is C16H11ClFNO2S. The zero-order chi connectivity index (χ0) is 15.9. The molecule has 0 aliphatic heterocycles. The topological polar surface area (TPSA) is 57.9 Å². The molecule has 3 nitrogen and oxygen atoms in total. The van der Waals surface area contributed by atoms with Crippen LogP contribution in [0, 0.1) is 23.1 Å². The largest absolute Gasteiger partial charge is 0.223 e. The molecule has 3 rings (SSSR count). The first kappa shape index (κ1) is 15.0. The molecule has 0 aromatic heterocycles. The van der Waals surface area contributed by atoms with E-state index in [1.807, 2.05) is 6.07 Å². The van der Waals surface area contributed by atoms with Crippen LogP contribution in [0.4, 0.5) is 4.39 Å². The van der Waals surface area contributed by atoms with Crippen molar-refractivity contribution < 1.29 is 12.8 Å². The van der Waals surface area contributed by atoms with Crippen molar-refractivity contribution in [3.05, 3.63) is 64.9 Å². The normalized spacial score (nSPS) is 23.8. The Morgan fingerprint density at radius 1 is 1.14 bits per heavy atom. The molecule has 0 unspecified atom stereocenters. The number of nitrogens with zero attached hydrogens (tertiary/aromatic N) is 1. The SMILES string of the molecule is N#C[C@H]1[C@H](c2cccc(F)c2)[C@@H]1S(=O)(=O)c1ccc(Cl)cc1. The van der Waals surface area contributed by atoms with Gasteiger partial charge in [0.25, 0.3) is 0 Å². The number of rotatable bonds is 3. The fourth-order valence-corrected chi connectivity index (χ4v) is 4.91. The van der Waals surface area contributed by atoms with Crippen LogP contribution in [0.5, 0.6) is 0 Å². The predicted octanol–water partition coefficient (Wildman–Crippen LogP) is 3.56. The van der Waals surface area contributed by atoms with Gasteiger partial charge in [-0.25, -0.2) is 12.8 Å². The van der Waals surface area contributed by atoms with E-state index in [9.17, 15) is 18.1 Å². The molecule has 0 amide bonds. The molecule has 1 saturated carbocycles. The second-order valence-corrected chi connectivity index (χ2v) is 7.74. The molecule has 0 spiro atoms. The van der Waals surface area contributed by atoms with Crippen molar-refractivity contribution in [1.82, 2.24) is 0 Å². The van der Waals surface area contributed by atoms with Crippen LogP contribution in [0.25, 0.3) is 0 Å². The van der Waals surface area contributed by atoms with Gasteiger partial charge in [0.05, 0.1) is 22.1 Å². The van der Waals surface area contributed by atoms with E-state index in [0.717, 1.165) is 0 Å². The lowest BCUT2D eigenvalue weighted by Crippen LogP contribution is -2.10. The van der Waals surface area contributed by atoms with Crippen molar-refractivity contribution >= 4 is 21.4 Å². The molecule has 1 aliphatic rings. The predicted molar refractivity (Wildman–Crippen MR) is 80.7 cm³/mol. The lowest BCUT2D eigenvalue weighted by Gasteiger charge is -2.04. The van der Waals surface area contributed by atoms with Gasteiger partial charge in [-0.05, 0) is 42.0 Å². The quantitative estimate of drug-likeness (QED) is 0.861. The molecular weight excluding hydrogens is 325 g/mol. The van der Waals surface area contributed by atoms with Gasteiger partial charge >= 0.3 is 0 Å². The van der Waals surface area contributed by atoms with Crippen LogP contribution < -0.4 is 0 Å². The highest BCUT2D eigenvalue weighted by molar-refractivity contribution is 7.92. The Morgan fingerprint density at radius 3 is 2.41 bits per heavy atom. The summed E-state index contributed by atoms with van der Waals surface area (Å²) in [5, 5.41) is 8.79. The lowest BCUT2D eigenvalue weighted by molar-refractivity contribution is 0.593. The van der Waals surface area contributed by atoms with Gasteiger partial charge in [-0.15, -0.1) is 0 Å². The molecule has 22 heavy (non-hydrogen) atoms. The summed E-state index contributed by atoms with van der Waals surface area (Å²) >= 11 is 5.77. The number of hydrogen-bond donors (Lipinski definition) is 0. The minimum atomic E-state index is -3.66. The third-order valence-electron chi connectivity index (χ3n) is 3.84. The van der Waals surface area contributed by atoms with Crippen LogP contribution in [0.1, 0.15) is 11.5 Å². The second kappa shape index (κ2) is 5.38. The molecule has 1 aliphatic carbocycles. The van der Waals surface area contributed by atoms with Gasteiger partial charge in [-0.3, -0.25) is 0 Å². The summed E-state index contributed by atoms with van der Waals surface area (Å²) < 4.78 is 38.6. The van der Waals surface area contributed by atoms with E-state index in [1.54, 1.807) is 6.07 Å². The first-order valence-electron chi connectivity index (χ1n) is 6.59. The van der Waals surface area contributed by atoms with Crippen molar-refractivity contribution in [2.75, 3.05) is 0 Å². The fraction of sp³-hybridized carbons (Fsp3) is 0.188. The van der Waals surface area contributed by atoms with Gasteiger partial charge in [-0.1, -0.05) is 23.7 Å². The van der Waals surface area contributed by atoms with Gasteiger partial charge in [0, 0.05) is 10.9 Å². The summed E-state index contributed by atoms with van der Waals surface area (Å²) in [6, 6.07) is 13.6. The summed E-state index contributed by atoms with van der Waals surface area (Å²) in [7, 11) is -3.66. The molecule has 0 heterocycles. The van der Waals surface area contributed by atoms with Crippen LogP contribution in [0.15, 0.2) is 53.4 Å². The zero-order valence-electron chi connectivity index (χ0n) is 11.3. The molecule has 2 aromatic rings. The number of halogens is 2. The van der Waals surface area contributed by atoms with Gasteiger partial charge in [0.1, 0.15) is 5.82 Å². The maximum atomic E-state index is 13.3. The molecule has 0 saturated heterocycles. The van der Waals surface area contributed by atoms with Crippen molar-refractivity contribution in [3.8, 4) is 6.07 Å². The average molecular weight is 336 g/mol. The van der Waals surface area contributed by atoms with E-state index < -0.39 is 32.7 Å². The van der Waals surface area contributed by atoms with Crippen LogP contribution in [-0.4, -0.2) is 13.7 Å². The molecule has 0 N–H and O–H groups in total. The summed E-state index contributed by atoms with van der Waals surface area (Å²) in [5.74, 6) is -1.60. The zero-order valence-corrected chi connectivity index (χ0v) is 12.9. The number of sulfone groups is 1. The highest BCUT2D eigenvalue weighted by Crippen LogP contribution is 2.53. The number of benzene rings is 2. The van der Waals surface area contributed by atoms with Crippen molar-refractivity contribution in [3.63, 3.8) is 0 Å². The number of nitriles is 1.